The van der Waals surface area contributed by atoms with Crippen LogP contribution in [-0.4, -0.2) is 24.5 Å². The Hall–Kier alpha value is -1.40. The van der Waals surface area contributed by atoms with Crippen LogP contribution >= 0.6 is 0 Å². The highest BCUT2D eigenvalue weighted by Gasteiger charge is 2.19. The highest BCUT2D eigenvalue weighted by Crippen LogP contribution is 2.28. The topological polar surface area (TPSA) is 27.0 Å². The number of hydrogen-bond donors (Lipinski definition) is 0. The number of nitriles is 1. The van der Waals surface area contributed by atoms with E-state index in [-0.39, 0.29) is 5.82 Å². The second-order valence-corrected chi connectivity index (χ2v) is 4.93. The first-order valence-corrected chi connectivity index (χ1v) is 6.64. The van der Waals surface area contributed by atoms with E-state index in [4.69, 9.17) is 5.26 Å². The van der Waals surface area contributed by atoms with Crippen LogP contribution in [-0.2, 0) is 0 Å². The standard InChI is InChI=1S/C15H19FN2/c16-15-5-3-13(4-6-15)14-7-11-18(12-8-14)10-2-1-9-17/h3-6,14H,1-2,7-8,10-12H2. The third-order valence-electron chi connectivity index (χ3n) is 3.69. The Kier molecular flexibility index (Phi) is 4.72. The molecule has 0 saturated carbocycles. The molecule has 1 aromatic rings. The minimum absolute atomic E-state index is 0.160. The van der Waals surface area contributed by atoms with Gasteiger partial charge in [-0.3, -0.25) is 0 Å². The number of hydrogen-bond acceptors (Lipinski definition) is 2. The van der Waals surface area contributed by atoms with Crippen molar-refractivity contribution in [2.45, 2.75) is 31.6 Å². The number of rotatable bonds is 4. The van der Waals surface area contributed by atoms with E-state index in [1.807, 2.05) is 12.1 Å². The summed E-state index contributed by atoms with van der Waals surface area (Å²) in [6.45, 7) is 3.21. The van der Waals surface area contributed by atoms with E-state index in [0.717, 1.165) is 38.9 Å². The van der Waals surface area contributed by atoms with E-state index in [0.29, 0.717) is 12.3 Å². The second-order valence-electron chi connectivity index (χ2n) is 4.93. The quantitative estimate of drug-likeness (QED) is 0.762. The predicted molar refractivity (Wildman–Crippen MR) is 69.7 cm³/mol. The summed E-state index contributed by atoms with van der Waals surface area (Å²) in [4.78, 5) is 2.43. The molecule has 0 aromatic heterocycles. The molecule has 0 spiro atoms. The molecule has 0 bridgehead atoms. The molecule has 0 amide bonds. The smallest absolute Gasteiger partial charge is 0.123 e. The molecule has 1 fully saturated rings. The van der Waals surface area contributed by atoms with Crippen molar-refractivity contribution in [2.24, 2.45) is 0 Å². The van der Waals surface area contributed by atoms with E-state index in [9.17, 15) is 4.39 Å². The number of nitrogens with zero attached hydrogens (tertiary/aromatic N) is 2. The molecule has 0 atom stereocenters. The van der Waals surface area contributed by atoms with E-state index >= 15 is 0 Å². The van der Waals surface area contributed by atoms with Gasteiger partial charge in [0.2, 0.25) is 0 Å². The SMILES string of the molecule is N#CCCCN1CCC(c2ccc(F)cc2)CC1. The van der Waals surface area contributed by atoms with Gasteiger partial charge in [-0.2, -0.15) is 5.26 Å². The van der Waals surface area contributed by atoms with Crippen LogP contribution in [0.4, 0.5) is 4.39 Å². The average molecular weight is 246 g/mol. The minimum atomic E-state index is -0.160. The summed E-state index contributed by atoms with van der Waals surface area (Å²) in [7, 11) is 0. The number of unbranched alkanes of at least 4 members (excludes halogenated alkanes) is 1. The zero-order valence-electron chi connectivity index (χ0n) is 10.6. The predicted octanol–water partition coefficient (Wildman–Crippen LogP) is 3.31. The summed E-state index contributed by atoms with van der Waals surface area (Å²) < 4.78 is 12.9. The maximum Gasteiger partial charge on any atom is 0.123 e. The first kappa shape index (κ1) is 13.0. The lowest BCUT2D eigenvalue weighted by Gasteiger charge is -2.32. The van der Waals surface area contributed by atoms with E-state index in [1.54, 1.807) is 12.1 Å². The van der Waals surface area contributed by atoms with Crippen molar-refractivity contribution >= 4 is 0 Å². The van der Waals surface area contributed by atoms with Crippen molar-refractivity contribution in [2.75, 3.05) is 19.6 Å². The summed E-state index contributed by atoms with van der Waals surface area (Å²) in [6.07, 6.45) is 3.89. The van der Waals surface area contributed by atoms with Gasteiger partial charge >= 0.3 is 0 Å². The fraction of sp³-hybridized carbons (Fsp3) is 0.533. The summed E-state index contributed by atoms with van der Waals surface area (Å²) in [5.74, 6) is 0.408. The Bertz CT molecular complexity index is 399. The van der Waals surface area contributed by atoms with Crippen LogP contribution in [0.3, 0.4) is 0 Å². The van der Waals surface area contributed by atoms with Crippen molar-refractivity contribution in [1.29, 1.82) is 5.26 Å². The van der Waals surface area contributed by atoms with Gasteiger partial charge in [-0.15, -0.1) is 0 Å². The van der Waals surface area contributed by atoms with Gasteiger partial charge in [0.1, 0.15) is 5.82 Å². The number of piperidine rings is 1. The van der Waals surface area contributed by atoms with Crippen LogP contribution in [0.15, 0.2) is 24.3 Å². The van der Waals surface area contributed by atoms with Gasteiger partial charge in [-0.1, -0.05) is 12.1 Å². The van der Waals surface area contributed by atoms with Gasteiger partial charge < -0.3 is 4.90 Å². The minimum Gasteiger partial charge on any atom is -0.303 e. The molecule has 0 unspecified atom stereocenters. The van der Waals surface area contributed by atoms with Crippen LogP contribution in [0, 0.1) is 17.1 Å². The van der Waals surface area contributed by atoms with Gasteiger partial charge in [-0.25, -0.2) is 4.39 Å². The molecular weight excluding hydrogens is 227 g/mol. The Labute approximate surface area is 108 Å². The van der Waals surface area contributed by atoms with Crippen molar-refractivity contribution in [3.63, 3.8) is 0 Å². The first-order chi connectivity index (χ1) is 8.79. The van der Waals surface area contributed by atoms with Crippen LogP contribution in [0.25, 0.3) is 0 Å². The van der Waals surface area contributed by atoms with E-state index in [2.05, 4.69) is 11.0 Å². The van der Waals surface area contributed by atoms with Gasteiger partial charge in [0, 0.05) is 6.42 Å². The van der Waals surface area contributed by atoms with E-state index in [1.165, 1.54) is 5.56 Å². The molecule has 96 valence electrons. The molecule has 0 radical (unpaired) electrons. The molecular formula is C15H19FN2. The molecule has 2 rings (SSSR count). The maximum absolute atomic E-state index is 12.9. The Morgan fingerprint density at radius 1 is 1.22 bits per heavy atom. The van der Waals surface area contributed by atoms with Crippen molar-refractivity contribution in [1.82, 2.24) is 4.90 Å². The lowest BCUT2D eigenvalue weighted by Crippen LogP contribution is -2.33. The van der Waals surface area contributed by atoms with Gasteiger partial charge in [0.05, 0.1) is 6.07 Å². The zero-order valence-corrected chi connectivity index (χ0v) is 10.6. The maximum atomic E-state index is 12.9. The Balaban J connectivity index is 1.79. The highest BCUT2D eigenvalue weighted by molar-refractivity contribution is 5.21. The summed E-state index contributed by atoms with van der Waals surface area (Å²) >= 11 is 0. The number of likely N-dealkylation sites (tertiary alicyclic amines) is 1. The molecule has 2 nitrogen and oxygen atoms in total. The average Bonchev–Trinajstić information content (AvgIpc) is 2.41. The third kappa shape index (κ3) is 3.54. The van der Waals surface area contributed by atoms with Gasteiger partial charge in [-0.05, 0) is 62.5 Å². The Morgan fingerprint density at radius 2 is 1.89 bits per heavy atom. The van der Waals surface area contributed by atoms with Crippen molar-refractivity contribution < 1.29 is 4.39 Å². The summed E-state index contributed by atoms with van der Waals surface area (Å²) in [5.41, 5.74) is 1.26. The molecule has 1 saturated heterocycles. The largest absolute Gasteiger partial charge is 0.303 e. The van der Waals surface area contributed by atoms with Gasteiger partial charge in [0.15, 0.2) is 0 Å². The van der Waals surface area contributed by atoms with Crippen LogP contribution in [0.2, 0.25) is 0 Å². The molecule has 18 heavy (non-hydrogen) atoms. The first-order valence-electron chi connectivity index (χ1n) is 6.64. The summed E-state index contributed by atoms with van der Waals surface area (Å²) in [5, 5.41) is 8.51. The lowest BCUT2D eigenvalue weighted by atomic mass is 9.89. The number of halogens is 1. The van der Waals surface area contributed by atoms with Crippen molar-refractivity contribution in [3.05, 3.63) is 35.6 Å². The fourth-order valence-corrected chi connectivity index (χ4v) is 2.61. The molecule has 1 aliphatic heterocycles. The molecule has 3 heteroatoms. The normalized spacial score (nSPS) is 17.6. The van der Waals surface area contributed by atoms with E-state index < -0.39 is 0 Å². The summed E-state index contributed by atoms with van der Waals surface area (Å²) in [6, 6.07) is 9.10. The highest BCUT2D eigenvalue weighted by atomic mass is 19.1. The fourth-order valence-electron chi connectivity index (χ4n) is 2.61. The lowest BCUT2D eigenvalue weighted by molar-refractivity contribution is 0.211. The molecule has 1 heterocycles. The van der Waals surface area contributed by atoms with Crippen LogP contribution in [0.1, 0.15) is 37.2 Å². The Morgan fingerprint density at radius 3 is 2.50 bits per heavy atom. The van der Waals surface area contributed by atoms with Crippen LogP contribution < -0.4 is 0 Å². The van der Waals surface area contributed by atoms with Gasteiger partial charge in [0.25, 0.3) is 0 Å². The monoisotopic (exact) mass is 246 g/mol. The third-order valence-corrected chi connectivity index (χ3v) is 3.69. The molecule has 1 aromatic carbocycles. The van der Waals surface area contributed by atoms with Crippen LogP contribution in [0.5, 0.6) is 0 Å². The number of benzene rings is 1. The zero-order chi connectivity index (χ0) is 12.8. The molecule has 1 aliphatic rings. The molecule has 0 N–H and O–H groups in total. The second kappa shape index (κ2) is 6.51. The molecule has 0 aliphatic carbocycles. The van der Waals surface area contributed by atoms with Crippen molar-refractivity contribution in [3.8, 4) is 6.07 Å².